The first-order valence-corrected chi connectivity index (χ1v) is 9.74. The van der Waals surface area contributed by atoms with Crippen molar-refractivity contribution >= 4 is 11.7 Å². The van der Waals surface area contributed by atoms with Crippen molar-refractivity contribution < 1.29 is 9.53 Å². The highest BCUT2D eigenvalue weighted by Crippen LogP contribution is 2.25. The maximum absolute atomic E-state index is 13.2. The number of likely N-dealkylation sites (tertiary alicyclic amines) is 1. The predicted molar refractivity (Wildman–Crippen MR) is 110 cm³/mol. The molecule has 0 N–H and O–H groups in total. The molecule has 0 aromatic heterocycles. The summed E-state index contributed by atoms with van der Waals surface area (Å²) in [6.45, 7) is 4.64. The molecule has 4 heteroatoms. The summed E-state index contributed by atoms with van der Waals surface area (Å²) in [5.41, 5.74) is 2.10. The van der Waals surface area contributed by atoms with Crippen LogP contribution in [0.2, 0.25) is 0 Å². The Hall–Kier alpha value is -2.33. The molecule has 0 radical (unpaired) electrons. The van der Waals surface area contributed by atoms with E-state index >= 15 is 0 Å². The summed E-state index contributed by atoms with van der Waals surface area (Å²) in [4.78, 5) is 17.5. The van der Waals surface area contributed by atoms with Crippen LogP contribution in [-0.2, 0) is 9.53 Å². The number of piperidine rings is 1. The van der Waals surface area contributed by atoms with Gasteiger partial charge in [0.15, 0.2) is 0 Å². The van der Waals surface area contributed by atoms with Gasteiger partial charge in [-0.25, -0.2) is 0 Å². The Morgan fingerprint density at radius 2 is 1.78 bits per heavy atom. The van der Waals surface area contributed by atoms with Crippen molar-refractivity contribution in [2.75, 3.05) is 38.6 Å². The van der Waals surface area contributed by atoms with E-state index in [1.807, 2.05) is 55.6 Å². The van der Waals surface area contributed by atoms with Gasteiger partial charge in [0, 0.05) is 25.8 Å². The number of carbonyl (C=O) groups is 1. The third kappa shape index (κ3) is 5.10. The van der Waals surface area contributed by atoms with E-state index in [1.54, 1.807) is 0 Å². The van der Waals surface area contributed by atoms with E-state index in [-0.39, 0.29) is 18.0 Å². The van der Waals surface area contributed by atoms with Gasteiger partial charge in [-0.3, -0.25) is 4.79 Å². The van der Waals surface area contributed by atoms with Crippen LogP contribution in [0.5, 0.6) is 0 Å². The fourth-order valence-electron chi connectivity index (χ4n) is 3.64. The zero-order chi connectivity index (χ0) is 19.2. The molecule has 2 aromatic rings. The second kappa shape index (κ2) is 9.05. The molecule has 2 aromatic carbocycles. The van der Waals surface area contributed by atoms with E-state index in [0.29, 0.717) is 12.5 Å². The Bertz CT molecular complexity index is 720. The average molecular weight is 367 g/mol. The zero-order valence-corrected chi connectivity index (χ0v) is 16.5. The van der Waals surface area contributed by atoms with Crippen LogP contribution in [-0.4, -0.2) is 50.7 Å². The summed E-state index contributed by atoms with van der Waals surface area (Å²) < 4.78 is 6.02. The molecule has 0 aliphatic carbocycles. The van der Waals surface area contributed by atoms with Crippen molar-refractivity contribution in [3.05, 3.63) is 66.2 Å². The first kappa shape index (κ1) is 19.4. The summed E-state index contributed by atoms with van der Waals surface area (Å²) in [7, 11) is 4.11. The number of anilines is 1. The van der Waals surface area contributed by atoms with Crippen LogP contribution in [0.4, 0.5) is 5.69 Å². The van der Waals surface area contributed by atoms with Gasteiger partial charge in [0.2, 0.25) is 0 Å². The first-order valence-electron chi connectivity index (χ1n) is 9.74. The topological polar surface area (TPSA) is 32.8 Å². The molecule has 3 rings (SSSR count). The van der Waals surface area contributed by atoms with Crippen LogP contribution >= 0.6 is 0 Å². The molecule has 0 spiro atoms. The van der Waals surface area contributed by atoms with Gasteiger partial charge in [-0.1, -0.05) is 55.5 Å². The van der Waals surface area contributed by atoms with Gasteiger partial charge in [0.25, 0.3) is 0 Å². The Labute approximate surface area is 162 Å². The monoisotopic (exact) mass is 366 g/mol. The van der Waals surface area contributed by atoms with Crippen molar-refractivity contribution in [3.63, 3.8) is 0 Å². The fourth-order valence-corrected chi connectivity index (χ4v) is 3.64. The van der Waals surface area contributed by atoms with Crippen molar-refractivity contribution in [1.29, 1.82) is 0 Å². The number of rotatable bonds is 6. The normalized spacial score (nSPS) is 21.4. The van der Waals surface area contributed by atoms with Crippen LogP contribution in [0.1, 0.15) is 24.8 Å². The van der Waals surface area contributed by atoms with Gasteiger partial charge >= 0.3 is 5.97 Å². The molecule has 27 heavy (non-hydrogen) atoms. The van der Waals surface area contributed by atoms with E-state index in [0.717, 1.165) is 30.8 Å². The lowest BCUT2D eigenvalue weighted by Gasteiger charge is -2.35. The maximum atomic E-state index is 13.2. The molecule has 1 aliphatic heterocycles. The molecule has 3 atom stereocenters. The third-order valence-corrected chi connectivity index (χ3v) is 5.50. The Morgan fingerprint density at radius 1 is 1.15 bits per heavy atom. The van der Waals surface area contributed by atoms with Crippen molar-refractivity contribution in [1.82, 2.24) is 4.90 Å². The lowest BCUT2D eigenvalue weighted by atomic mass is 9.95. The minimum absolute atomic E-state index is 0.0375. The zero-order valence-electron chi connectivity index (χ0n) is 16.5. The van der Waals surface area contributed by atoms with Crippen LogP contribution in [0, 0.1) is 5.92 Å². The number of likely N-dealkylation sites (N-methyl/N-ethyl adjacent to an activating group) is 2. The Kier molecular flexibility index (Phi) is 6.51. The molecule has 1 aliphatic rings. The summed E-state index contributed by atoms with van der Waals surface area (Å²) in [6.07, 6.45) is 1.03. The SMILES string of the molecule is CC1CCN(C)CC1OC(=O)C(CN(C)c1ccccc1)c1ccccc1. The van der Waals surface area contributed by atoms with Gasteiger partial charge in [0.05, 0.1) is 5.92 Å². The highest BCUT2D eigenvalue weighted by atomic mass is 16.5. The Morgan fingerprint density at radius 3 is 2.44 bits per heavy atom. The van der Waals surface area contributed by atoms with E-state index in [1.165, 1.54) is 0 Å². The number of carbonyl (C=O) groups excluding carboxylic acids is 1. The van der Waals surface area contributed by atoms with Gasteiger partial charge in [-0.15, -0.1) is 0 Å². The van der Waals surface area contributed by atoms with Gasteiger partial charge in [-0.2, -0.15) is 0 Å². The highest BCUT2D eigenvalue weighted by Gasteiger charge is 2.31. The lowest BCUT2D eigenvalue weighted by Crippen LogP contribution is -2.44. The van der Waals surface area contributed by atoms with Crippen molar-refractivity contribution in [3.8, 4) is 0 Å². The number of benzene rings is 2. The average Bonchev–Trinajstić information content (AvgIpc) is 2.70. The minimum Gasteiger partial charge on any atom is -0.460 e. The standard InChI is InChI=1S/C23H30N2O2/c1-18-14-15-24(2)17-22(18)27-23(26)21(19-10-6-4-7-11-19)16-25(3)20-12-8-5-9-13-20/h4-13,18,21-22H,14-17H2,1-3H3. The van der Waals surface area contributed by atoms with Gasteiger partial charge < -0.3 is 14.5 Å². The number of hydrogen-bond acceptors (Lipinski definition) is 4. The summed E-state index contributed by atoms with van der Waals surface area (Å²) in [5.74, 6) is -0.0413. The molecule has 0 amide bonds. The number of ether oxygens (including phenoxy) is 1. The quantitative estimate of drug-likeness (QED) is 0.728. The lowest BCUT2D eigenvalue weighted by molar-refractivity contribution is -0.156. The van der Waals surface area contributed by atoms with E-state index in [4.69, 9.17) is 4.74 Å². The number of para-hydroxylation sites is 1. The smallest absolute Gasteiger partial charge is 0.315 e. The third-order valence-electron chi connectivity index (χ3n) is 5.50. The van der Waals surface area contributed by atoms with Crippen LogP contribution in [0.15, 0.2) is 60.7 Å². The summed E-state index contributed by atoms with van der Waals surface area (Å²) in [5, 5.41) is 0. The summed E-state index contributed by atoms with van der Waals surface area (Å²) in [6, 6.07) is 20.1. The number of esters is 1. The van der Waals surface area contributed by atoms with E-state index < -0.39 is 0 Å². The molecule has 144 valence electrons. The largest absolute Gasteiger partial charge is 0.460 e. The van der Waals surface area contributed by atoms with Crippen LogP contribution in [0.3, 0.4) is 0 Å². The molecule has 3 unspecified atom stereocenters. The molecule has 4 nitrogen and oxygen atoms in total. The van der Waals surface area contributed by atoms with E-state index in [2.05, 4.69) is 35.9 Å². The van der Waals surface area contributed by atoms with Crippen molar-refractivity contribution in [2.24, 2.45) is 5.92 Å². The van der Waals surface area contributed by atoms with E-state index in [9.17, 15) is 4.79 Å². The second-order valence-corrected chi connectivity index (χ2v) is 7.68. The number of nitrogens with zero attached hydrogens (tertiary/aromatic N) is 2. The first-order chi connectivity index (χ1) is 13.0. The van der Waals surface area contributed by atoms with Crippen molar-refractivity contribution in [2.45, 2.75) is 25.4 Å². The van der Waals surface area contributed by atoms with Crippen LogP contribution < -0.4 is 4.90 Å². The van der Waals surface area contributed by atoms with Crippen LogP contribution in [0.25, 0.3) is 0 Å². The molecule has 0 bridgehead atoms. The van der Waals surface area contributed by atoms with Gasteiger partial charge in [-0.05, 0) is 43.6 Å². The minimum atomic E-state index is -0.309. The molecule has 1 heterocycles. The highest BCUT2D eigenvalue weighted by molar-refractivity contribution is 5.79. The maximum Gasteiger partial charge on any atom is 0.315 e. The molecule has 1 saturated heterocycles. The molecule has 0 saturated carbocycles. The number of hydrogen-bond donors (Lipinski definition) is 0. The molecule has 1 fully saturated rings. The second-order valence-electron chi connectivity index (χ2n) is 7.68. The summed E-state index contributed by atoms with van der Waals surface area (Å²) >= 11 is 0. The van der Waals surface area contributed by atoms with Gasteiger partial charge in [0.1, 0.15) is 6.10 Å². The Balaban J connectivity index is 1.76. The molecular weight excluding hydrogens is 336 g/mol. The fraction of sp³-hybridized carbons (Fsp3) is 0.435. The predicted octanol–water partition coefficient (Wildman–Crippen LogP) is 3.79. The molecular formula is C23H30N2O2.